The number of hydrogen-bond acceptors (Lipinski definition) is 3. The van der Waals surface area contributed by atoms with Gasteiger partial charge in [0.25, 0.3) is 0 Å². The van der Waals surface area contributed by atoms with E-state index in [-0.39, 0.29) is 0 Å². The third-order valence-electron chi connectivity index (χ3n) is 2.92. The van der Waals surface area contributed by atoms with Crippen LogP contribution in [-0.4, -0.2) is 31.4 Å². The second-order valence-electron chi connectivity index (χ2n) is 4.38. The molecule has 0 aliphatic carbocycles. The predicted octanol–water partition coefficient (Wildman–Crippen LogP) is 3.43. The largest absolute Gasteiger partial charge is 0.506 e. The van der Waals surface area contributed by atoms with Gasteiger partial charge < -0.3 is 14.7 Å². The summed E-state index contributed by atoms with van der Waals surface area (Å²) in [4.78, 5) is 2.25. The SMILES string of the molecule is CCCCN(CCCOCC)c1ccccc1O. The van der Waals surface area contributed by atoms with Crippen molar-refractivity contribution < 1.29 is 9.84 Å². The second-order valence-corrected chi connectivity index (χ2v) is 4.38. The van der Waals surface area contributed by atoms with Crippen LogP contribution in [-0.2, 0) is 4.74 Å². The van der Waals surface area contributed by atoms with Crippen LogP contribution in [0.1, 0.15) is 33.1 Å². The summed E-state index contributed by atoms with van der Waals surface area (Å²) in [5.41, 5.74) is 0.933. The average molecular weight is 251 g/mol. The molecule has 3 nitrogen and oxygen atoms in total. The summed E-state index contributed by atoms with van der Waals surface area (Å²) in [6.45, 7) is 7.66. The lowest BCUT2D eigenvalue weighted by molar-refractivity contribution is 0.146. The molecule has 0 spiro atoms. The molecule has 0 aromatic heterocycles. The summed E-state index contributed by atoms with van der Waals surface area (Å²) in [5, 5.41) is 9.91. The molecule has 0 saturated carbocycles. The maximum atomic E-state index is 9.91. The Labute approximate surface area is 110 Å². The molecule has 0 atom stereocenters. The van der Waals surface area contributed by atoms with Crippen molar-refractivity contribution in [2.75, 3.05) is 31.2 Å². The first-order valence-electron chi connectivity index (χ1n) is 6.90. The van der Waals surface area contributed by atoms with Crippen molar-refractivity contribution in [2.24, 2.45) is 0 Å². The molecule has 0 amide bonds. The summed E-state index contributed by atoms with van der Waals surface area (Å²) in [6, 6.07) is 7.55. The van der Waals surface area contributed by atoms with E-state index in [9.17, 15) is 5.11 Å². The lowest BCUT2D eigenvalue weighted by atomic mass is 10.2. The predicted molar refractivity (Wildman–Crippen MR) is 76.3 cm³/mol. The summed E-state index contributed by atoms with van der Waals surface area (Å²) in [5.74, 6) is 0.366. The molecule has 1 aromatic rings. The number of phenolic OH excluding ortho intramolecular Hbond substituents is 1. The Balaban J connectivity index is 2.57. The van der Waals surface area contributed by atoms with Crippen LogP contribution in [0.3, 0.4) is 0 Å². The molecular formula is C15H25NO2. The zero-order valence-corrected chi connectivity index (χ0v) is 11.6. The molecule has 0 saturated heterocycles. The highest BCUT2D eigenvalue weighted by molar-refractivity contribution is 5.57. The number of hydrogen-bond donors (Lipinski definition) is 1. The van der Waals surface area contributed by atoms with E-state index in [4.69, 9.17) is 4.74 Å². The van der Waals surface area contributed by atoms with Gasteiger partial charge in [-0.2, -0.15) is 0 Å². The van der Waals surface area contributed by atoms with E-state index in [1.54, 1.807) is 6.07 Å². The molecule has 1 aromatic carbocycles. The fraction of sp³-hybridized carbons (Fsp3) is 0.600. The number of rotatable bonds is 9. The van der Waals surface area contributed by atoms with Crippen LogP contribution in [0.25, 0.3) is 0 Å². The Morgan fingerprint density at radius 3 is 2.50 bits per heavy atom. The van der Waals surface area contributed by atoms with Gasteiger partial charge in [0.2, 0.25) is 0 Å². The number of phenols is 1. The van der Waals surface area contributed by atoms with Gasteiger partial charge in [-0.3, -0.25) is 0 Å². The van der Waals surface area contributed by atoms with Gasteiger partial charge >= 0.3 is 0 Å². The smallest absolute Gasteiger partial charge is 0.138 e. The van der Waals surface area contributed by atoms with Crippen LogP contribution >= 0.6 is 0 Å². The van der Waals surface area contributed by atoms with Crippen LogP contribution in [0.2, 0.25) is 0 Å². The minimum atomic E-state index is 0.366. The summed E-state index contributed by atoms with van der Waals surface area (Å²) < 4.78 is 5.37. The van der Waals surface area contributed by atoms with Gasteiger partial charge in [0, 0.05) is 26.3 Å². The highest BCUT2D eigenvalue weighted by Gasteiger charge is 2.09. The third-order valence-corrected chi connectivity index (χ3v) is 2.92. The molecule has 0 fully saturated rings. The average Bonchev–Trinajstić information content (AvgIpc) is 2.39. The Hall–Kier alpha value is -1.22. The van der Waals surface area contributed by atoms with Crippen molar-refractivity contribution >= 4 is 5.69 Å². The number of ether oxygens (including phenoxy) is 1. The lowest BCUT2D eigenvalue weighted by Crippen LogP contribution is -2.26. The van der Waals surface area contributed by atoms with E-state index in [1.165, 1.54) is 0 Å². The van der Waals surface area contributed by atoms with Gasteiger partial charge in [0.1, 0.15) is 5.75 Å². The van der Waals surface area contributed by atoms with E-state index in [0.717, 1.165) is 51.3 Å². The fourth-order valence-corrected chi connectivity index (χ4v) is 1.94. The van der Waals surface area contributed by atoms with Crippen LogP contribution in [0.15, 0.2) is 24.3 Å². The van der Waals surface area contributed by atoms with E-state index in [1.807, 2.05) is 25.1 Å². The molecule has 0 aliphatic heterocycles. The normalized spacial score (nSPS) is 10.6. The minimum absolute atomic E-state index is 0.366. The van der Waals surface area contributed by atoms with E-state index in [0.29, 0.717) is 5.75 Å². The van der Waals surface area contributed by atoms with Crippen LogP contribution in [0.5, 0.6) is 5.75 Å². The number of nitrogens with zero attached hydrogens (tertiary/aromatic N) is 1. The molecule has 1 N–H and O–H groups in total. The van der Waals surface area contributed by atoms with Crippen molar-refractivity contribution in [1.82, 2.24) is 0 Å². The summed E-state index contributed by atoms with van der Waals surface area (Å²) in [6.07, 6.45) is 3.30. The second kappa shape index (κ2) is 8.81. The molecule has 3 heteroatoms. The van der Waals surface area contributed by atoms with Crippen LogP contribution < -0.4 is 4.90 Å². The Kier molecular flexibility index (Phi) is 7.26. The highest BCUT2D eigenvalue weighted by Crippen LogP contribution is 2.26. The topological polar surface area (TPSA) is 32.7 Å². The van der Waals surface area contributed by atoms with Gasteiger partial charge in [-0.25, -0.2) is 0 Å². The zero-order valence-electron chi connectivity index (χ0n) is 11.6. The van der Waals surface area contributed by atoms with E-state index >= 15 is 0 Å². The fourth-order valence-electron chi connectivity index (χ4n) is 1.94. The van der Waals surface area contributed by atoms with Gasteiger partial charge in [0.15, 0.2) is 0 Å². The minimum Gasteiger partial charge on any atom is -0.506 e. The first-order valence-corrected chi connectivity index (χ1v) is 6.90. The van der Waals surface area contributed by atoms with Crippen molar-refractivity contribution in [3.05, 3.63) is 24.3 Å². The summed E-state index contributed by atoms with van der Waals surface area (Å²) in [7, 11) is 0. The van der Waals surface area contributed by atoms with Gasteiger partial charge in [-0.05, 0) is 31.9 Å². The van der Waals surface area contributed by atoms with Crippen LogP contribution in [0, 0.1) is 0 Å². The number of unbranched alkanes of at least 4 members (excludes halogenated alkanes) is 1. The lowest BCUT2D eigenvalue weighted by Gasteiger charge is -2.25. The monoisotopic (exact) mass is 251 g/mol. The first kappa shape index (κ1) is 14.8. The van der Waals surface area contributed by atoms with Crippen molar-refractivity contribution in [3.8, 4) is 5.75 Å². The Bertz CT molecular complexity index is 328. The number of benzene rings is 1. The van der Waals surface area contributed by atoms with Crippen molar-refractivity contribution in [2.45, 2.75) is 33.1 Å². The Morgan fingerprint density at radius 2 is 1.83 bits per heavy atom. The number of para-hydroxylation sites is 2. The molecule has 0 bridgehead atoms. The maximum Gasteiger partial charge on any atom is 0.138 e. The van der Waals surface area contributed by atoms with Gasteiger partial charge in [0.05, 0.1) is 5.69 Å². The molecular weight excluding hydrogens is 226 g/mol. The third kappa shape index (κ3) is 4.96. The number of anilines is 1. The first-order chi connectivity index (χ1) is 8.79. The highest BCUT2D eigenvalue weighted by atomic mass is 16.5. The molecule has 0 radical (unpaired) electrons. The summed E-state index contributed by atoms with van der Waals surface area (Å²) >= 11 is 0. The molecule has 0 heterocycles. The van der Waals surface area contributed by atoms with Crippen LogP contribution in [0.4, 0.5) is 5.69 Å². The van der Waals surface area contributed by atoms with E-state index in [2.05, 4.69) is 11.8 Å². The maximum absolute atomic E-state index is 9.91. The van der Waals surface area contributed by atoms with Gasteiger partial charge in [-0.1, -0.05) is 25.5 Å². The van der Waals surface area contributed by atoms with E-state index < -0.39 is 0 Å². The van der Waals surface area contributed by atoms with Crippen molar-refractivity contribution in [3.63, 3.8) is 0 Å². The number of aromatic hydroxyl groups is 1. The Morgan fingerprint density at radius 1 is 1.11 bits per heavy atom. The molecule has 102 valence electrons. The van der Waals surface area contributed by atoms with Gasteiger partial charge in [-0.15, -0.1) is 0 Å². The van der Waals surface area contributed by atoms with Crippen molar-refractivity contribution in [1.29, 1.82) is 0 Å². The molecule has 18 heavy (non-hydrogen) atoms. The molecule has 0 unspecified atom stereocenters. The zero-order chi connectivity index (χ0) is 13.2. The standard InChI is InChI=1S/C15H25NO2/c1-3-5-11-16(12-8-13-18-4-2)14-9-6-7-10-15(14)17/h6-7,9-10,17H,3-5,8,11-13H2,1-2H3. The molecule has 0 aliphatic rings. The quantitative estimate of drug-likeness (QED) is 0.683. The molecule has 1 rings (SSSR count).